The number of nitro groups is 1. The van der Waals surface area contributed by atoms with Crippen LogP contribution in [0.4, 0.5) is 5.69 Å². The largest absolute Gasteiger partial charge is 0.459 e. The molecule has 0 bridgehead atoms. The second-order valence-corrected chi connectivity index (χ2v) is 3.65. The van der Waals surface area contributed by atoms with Crippen LogP contribution in [0.5, 0.6) is 0 Å². The summed E-state index contributed by atoms with van der Waals surface area (Å²) in [5.74, 6) is -1.70. The number of nitrogens with one attached hydrogen (secondary N) is 1. The predicted molar refractivity (Wildman–Crippen MR) is 66.4 cm³/mol. The van der Waals surface area contributed by atoms with E-state index in [4.69, 9.17) is 0 Å². The van der Waals surface area contributed by atoms with Crippen molar-refractivity contribution in [1.29, 1.82) is 0 Å². The highest BCUT2D eigenvalue weighted by atomic mass is 16.6. The van der Waals surface area contributed by atoms with Crippen LogP contribution in [0.15, 0.2) is 24.3 Å². The molecule has 1 amide bonds. The third-order valence-corrected chi connectivity index (χ3v) is 2.31. The van der Waals surface area contributed by atoms with Crippen molar-refractivity contribution in [1.82, 2.24) is 5.32 Å². The summed E-state index contributed by atoms with van der Waals surface area (Å²) in [5, 5.41) is 12.9. The van der Waals surface area contributed by atoms with Crippen molar-refractivity contribution in [2.45, 2.75) is 13.3 Å². The first-order valence-electron chi connectivity index (χ1n) is 5.73. The fourth-order valence-corrected chi connectivity index (χ4v) is 1.37. The molecule has 0 fully saturated rings. The molecule has 0 aliphatic heterocycles. The molecule has 102 valence electrons. The van der Waals surface area contributed by atoms with Gasteiger partial charge in [0.2, 0.25) is 0 Å². The molecule has 0 aliphatic rings. The molecular formula is C12H14N2O5. The molecular weight excluding hydrogens is 254 g/mol. The Labute approximate surface area is 109 Å². The molecule has 0 heterocycles. The van der Waals surface area contributed by atoms with E-state index < -0.39 is 16.8 Å². The summed E-state index contributed by atoms with van der Waals surface area (Å²) in [7, 11) is 0. The van der Waals surface area contributed by atoms with Gasteiger partial charge in [0.15, 0.2) is 0 Å². The van der Waals surface area contributed by atoms with Gasteiger partial charge >= 0.3 is 11.9 Å². The number of hydrogen-bond acceptors (Lipinski definition) is 5. The van der Waals surface area contributed by atoms with Gasteiger partial charge in [-0.25, -0.2) is 4.79 Å². The zero-order valence-electron chi connectivity index (χ0n) is 10.4. The summed E-state index contributed by atoms with van der Waals surface area (Å²) in [6.07, 6.45) is 0.475. The van der Waals surface area contributed by atoms with Gasteiger partial charge in [-0.05, 0) is 18.9 Å². The Morgan fingerprint density at radius 1 is 1.32 bits per heavy atom. The van der Waals surface area contributed by atoms with Crippen LogP contribution < -0.4 is 5.32 Å². The summed E-state index contributed by atoms with van der Waals surface area (Å²) in [5.41, 5.74) is 0.842. The lowest BCUT2D eigenvalue weighted by Gasteiger charge is -2.04. The Bertz CT molecular complexity index is 470. The highest BCUT2D eigenvalue weighted by molar-refractivity contribution is 6.32. The molecule has 7 heteroatoms. The number of nitro benzene ring substituents is 1. The van der Waals surface area contributed by atoms with Crippen molar-refractivity contribution in [3.8, 4) is 0 Å². The van der Waals surface area contributed by atoms with Gasteiger partial charge < -0.3 is 10.1 Å². The zero-order chi connectivity index (χ0) is 14.3. The van der Waals surface area contributed by atoms with Crippen molar-refractivity contribution in [3.05, 3.63) is 39.9 Å². The third kappa shape index (κ3) is 4.74. The first-order chi connectivity index (χ1) is 9.04. The fraction of sp³-hybridized carbons (Fsp3) is 0.333. The van der Waals surface area contributed by atoms with E-state index in [1.54, 1.807) is 19.1 Å². The van der Waals surface area contributed by atoms with Gasteiger partial charge in [-0.1, -0.05) is 12.1 Å². The SMILES string of the molecule is CCO[13C](=O)[13C](=O)NCCc1ccc([N+](=O)[O-])cc1. The first kappa shape index (κ1) is 14.6. The predicted octanol–water partition coefficient (Wildman–Crippen LogP) is 0.817. The van der Waals surface area contributed by atoms with Gasteiger partial charge in [-0.2, -0.15) is 0 Å². The Morgan fingerprint density at radius 2 is 1.95 bits per heavy atom. The second-order valence-electron chi connectivity index (χ2n) is 3.65. The Morgan fingerprint density at radius 3 is 2.47 bits per heavy atom. The summed E-state index contributed by atoms with van der Waals surface area (Å²) in [6, 6.07) is 5.99. The minimum atomic E-state index is -0.911. The van der Waals surface area contributed by atoms with E-state index in [1.807, 2.05) is 0 Å². The summed E-state index contributed by atoms with van der Waals surface area (Å²) in [4.78, 5) is 32.2. The average Bonchev–Trinajstić information content (AvgIpc) is 2.39. The maximum Gasteiger partial charge on any atom is 0.396 e. The van der Waals surface area contributed by atoms with Crippen LogP contribution in [0.2, 0.25) is 0 Å². The van der Waals surface area contributed by atoms with Gasteiger partial charge in [-0.15, -0.1) is 0 Å². The lowest BCUT2D eigenvalue weighted by atomic mass is 10.1. The average molecular weight is 268 g/mol. The van der Waals surface area contributed by atoms with Crippen LogP contribution in [-0.4, -0.2) is 30.0 Å². The van der Waals surface area contributed by atoms with Crippen molar-refractivity contribution in [3.63, 3.8) is 0 Å². The van der Waals surface area contributed by atoms with Crippen molar-refractivity contribution in [2.75, 3.05) is 13.2 Å². The van der Waals surface area contributed by atoms with E-state index >= 15 is 0 Å². The van der Waals surface area contributed by atoms with Gasteiger partial charge in [-0.3, -0.25) is 14.9 Å². The lowest BCUT2D eigenvalue weighted by Crippen LogP contribution is -2.33. The molecule has 0 unspecified atom stereocenters. The van der Waals surface area contributed by atoms with Gasteiger partial charge in [0.05, 0.1) is 11.5 Å². The number of carbonyl (C=O) groups is 2. The molecule has 0 saturated carbocycles. The Hall–Kier alpha value is -2.44. The standard InChI is InChI=1S/C12H14N2O5/c1-2-19-12(16)11(15)13-8-7-9-3-5-10(6-4-9)14(17)18/h3-6H,2,7-8H2,1H3,(H,13,15)/i11+1,12+1. The third-order valence-electron chi connectivity index (χ3n) is 2.31. The maximum absolute atomic E-state index is 11.2. The number of amides is 1. The summed E-state index contributed by atoms with van der Waals surface area (Å²) in [6.45, 7) is 2.02. The number of non-ortho nitro benzene ring substituents is 1. The lowest BCUT2D eigenvalue weighted by molar-refractivity contribution is -0.384. The molecule has 0 radical (unpaired) electrons. The van der Waals surface area contributed by atoms with E-state index in [2.05, 4.69) is 10.1 Å². The van der Waals surface area contributed by atoms with Crippen LogP contribution in [0.3, 0.4) is 0 Å². The van der Waals surface area contributed by atoms with Crippen LogP contribution >= 0.6 is 0 Å². The van der Waals surface area contributed by atoms with Crippen molar-refractivity contribution < 1.29 is 19.2 Å². The number of carbonyl (C=O) groups excluding carboxylic acids is 2. The van der Waals surface area contributed by atoms with E-state index in [0.717, 1.165) is 5.56 Å². The molecule has 1 N–H and O–H groups in total. The zero-order valence-corrected chi connectivity index (χ0v) is 10.4. The molecule has 0 aromatic heterocycles. The smallest absolute Gasteiger partial charge is 0.396 e. The fourth-order valence-electron chi connectivity index (χ4n) is 1.37. The molecule has 0 saturated heterocycles. The number of ether oxygens (including phenoxy) is 1. The Balaban J connectivity index is 2.39. The molecule has 1 rings (SSSR count). The molecule has 0 atom stereocenters. The van der Waals surface area contributed by atoms with Crippen LogP contribution in [0.1, 0.15) is 12.5 Å². The molecule has 1 aromatic carbocycles. The van der Waals surface area contributed by atoms with E-state index in [-0.39, 0.29) is 18.8 Å². The Kier molecular flexibility index (Phi) is 5.46. The molecule has 19 heavy (non-hydrogen) atoms. The molecule has 1 aromatic rings. The van der Waals surface area contributed by atoms with E-state index in [0.29, 0.717) is 6.42 Å². The minimum absolute atomic E-state index is 0.0132. The van der Waals surface area contributed by atoms with Gasteiger partial charge in [0, 0.05) is 18.7 Å². The van der Waals surface area contributed by atoms with Crippen LogP contribution in [-0.2, 0) is 20.7 Å². The van der Waals surface area contributed by atoms with Crippen LogP contribution in [0, 0.1) is 10.1 Å². The van der Waals surface area contributed by atoms with Crippen LogP contribution in [0.25, 0.3) is 0 Å². The first-order valence-corrected chi connectivity index (χ1v) is 5.73. The summed E-state index contributed by atoms with van der Waals surface area (Å²) >= 11 is 0. The second kappa shape index (κ2) is 7.10. The van der Waals surface area contributed by atoms with Gasteiger partial charge in [0.1, 0.15) is 0 Å². The summed E-state index contributed by atoms with van der Waals surface area (Å²) < 4.78 is 4.52. The van der Waals surface area contributed by atoms with Crippen molar-refractivity contribution in [2.24, 2.45) is 0 Å². The number of esters is 1. The number of rotatable bonds is 5. The number of hydrogen-bond donors (Lipinski definition) is 1. The number of nitrogens with zero attached hydrogens (tertiary/aromatic N) is 1. The highest BCUT2D eigenvalue weighted by Gasteiger charge is 2.13. The van der Waals surface area contributed by atoms with Gasteiger partial charge in [0.25, 0.3) is 5.69 Å². The van der Waals surface area contributed by atoms with E-state index in [1.165, 1.54) is 12.1 Å². The molecule has 7 nitrogen and oxygen atoms in total. The minimum Gasteiger partial charge on any atom is -0.459 e. The molecule has 0 aliphatic carbocycles. The highest BCUT2D eigenvalue weighted by Crippen LogP contribution is 2.11. The molecule has 0 spiro atoms. The van der Waals surface area contributed by atoms with E-state index in [9.17, 15) is 19.7 Å². The number of benzene rings is 1. The topological polar surface area (TPSA) is 98.5 Å². The monoisotopic (exact) mass is 268 g/mol. The normalized spacial score (nSPS) is 9.74. The maximum atomic E-state index is 11.2. The quantitative estimate of drug-likeness (QED) is 0.280. The van der Waals surface area contributed by atoms with Crippen molar-refractivity contribution >= 4 is 17.6 Å².